The molecule has 0 radical (unpaired) electrons. The van der Waals surface area contributed by atoms with E-state index in [0.717, 1.165) is 0 Å². The van der Waals surface area contributed by atoms with Crippen molar-refractivity contribution in [3.8, 4) is 5.75 Å². The number of rotatable bonds is 6. The molecular formula is C17H21NO5. The summed E-state index contributed by atoms with van der Waals surface area (Å²) in [4.78, 5) is 36.8. The van der Waals surface area contributed by atoms with Crippen molar-refractivity contribution in [3.05, 3.63) is 29.8 Å². The number of nitrogens with zero attached hydrogens (tertiary/aromatic N) is 1. The lowest BCUT2D eigenvalue weighted by Gasteiger charge is -2.30. The fourth-order valence-electron chi connectivity index (χ4n) is 2.71. The van der Waals surface area contributed by atoms with Crippen LogP contribution in [0.1, 0.15) is 36.0 Å². The average molecular weight is 319 g/mol. The van der Waals surface area contributed by atoms with E-state index in [0.29, 0.717) is 30.7 Å². The van der Waals surface area contributed by atoms with E-state index in [1.165, 1.54) is 0 Å². The standard InChI is InChI=1S/C17H21NO5/c1-23-14-6-4-12(5-7-14)15(19)8-9-16(20)18-10-2-3-13(11-18)17(21)22/h4-7,13H,2-3,8-11H2,1H3,(H,21,22). The predicted octanol–water partition coefficient (Wildman–Crippen LogP) is 1.98. The number of ketones is 1. The van der Waals surface area contributed by atoms with E-state index >= 15 is 0 Å². The molecule has 0 spiro atoms. The summed E-state index contributed by atoms with van der Waals surface area (Å²) >= 11 is 0. The number of amides is 1. The zero-order valence-electron chi connectivity index (χ0n) is 13.2. The molecule has 1 heterocycles. The molecule has 6 heteroatoms. The molecule has 124 valence electrons. The van der Waals surface area contributed by atoms with Gasteiger partial charge in [-0.3, -0.25) is 14.4 Å². The number of hydrogen-bond donors (Lipinski definition) is 1. The summed E-state index contributed by atoms with van der Waals surface area (Å²) in [7, 11) is 1.55. The van der Waals surface area contributed by atoms with Gasteiger partial charge in [0.05, 0.1) is 13.0 Å². The van der Waals surface area contributed by atoms with Crippen molar-refractivity contribution in [2.75, 3.05) is 20.2 Å². The Morgan fingerprint density at radius 3 is 2.52 bits per heavy atom. The van der Waals surface area contributed by atoms with Crippen LogP contribution in [0.25, 0.3) is 0 Å². The molecule has 1 unspecified atom stereocenters. The Morgan fingerprint density at radius 1 is 1.22 bits per heavy atom. The van der Waals surface area contributed by atoms with E-state index in [9.17, 15) is 14.4 Å². The lowest BCUT2D eigenvalue weighted by atomic mass is 9.97. The third-order valence-electron chi connectivity index (χ3n) is 4.10. The summed E-state index contributed by atoms with van der Waals surface area (Å²) in [5.41, 5.74) is 0.542. The van der Waals surface area contributed by atoms with Crippen molar-refractivity contribution in [1.82, 2.24) is 4.90 Å². The van der Waals surface area contributed by atoms with Crippen LogP contribution in [0, 0.1) is 5.92 Å². The van der Waals surface area contributed by atoms with Crippen LogP contribution in [0.15, 0.2) is 24.3 Å². The molecule has 0 bridgehead atoms. The maximum Gasteiger partial charge on any atom is 0.308 e. The van der Waals surface area contributed by atoms with Crippen molar-refractivity contribution in [2.45, 2.75) is 25.7 Å². The Morgan fingerprint density at radius 2 is 1.91 bits per heavy atom. The Labute approximate surface area is 135 Å². The Kier molecular flexibility index (Phi) is 5.73. The predicted molar refractivity (Wildman–Crippen MR) is 83.5 cm³/mol. The Hall–Kier alpha value is -2.37. The summed E-state index contributed by atoms with van der Waals surface area (Å²) in [6, 6.07) is 6.76. The molecule has 1 amide bonds. The van der Waals surface area contributed by atoms with Gasteiger partial charge in [-0.25, -0.2) is 0 Å². The topological polar surface area (TPSA) is 83.9 Å². The number of piperidine rings is 1. The van der Waals surface area contributed by atoms with Gasteiger partial charge in [0.25, 0.3) is 0 Å². The highest BCUT2D eigenvalue weighted by molar-refractivity contribution is 5.98. The zero-order valence-corrected chi connectivity index (χ0v) is 13.2. The molecule has 1 fully saturated rings. The molecule has 1 N–H and O–H groups in total. The van der Waals surface area contributed by atoms with Crippen LogP contribution in [-0.2, 0) is 9.59 Å². The van der Waals surface area contributed by atoms with Crippen molar-refractivity contribution in [1.29, 1.82) is 0 Å². The van der Waals surface area contributed by atoms with E-state index in [1.54, 1.807) is 36.3 Å². The van der Waals surface area contributed by atoms with Gasteiger partial charge < -0.3 is 14.7 Å². The van der Waals surface area contributed by atoms with Crippen LogP contribution in [0.2, 0.25) is 0 Å². The second-order valence-corrected chi connectivity index (χ2v) is 5.67. The van der Waals surface area contributed by atoms with E-state index in [4.69, 9.17) is 9.84 Å². The van der Waals surface area contributed by atoms with Crippen LogP contribution >= 0.6 is 0 Å². The molecule has 1 aliphatic rings. The van der Waals surface area contributed by atoms with Gasteiger partial charge >= 0.3 is 5.97 Å². The fourth-order valence-corrected chi connectivity index (χ4v) is 2.71. The van der Waals surface area contributed by atoms with Gasteiger partial charge in [0.1, 0.15) is 5.75 Å². The highest BCUT2D eigenvalue weighted by Crippen LogP contribution is 2.18. The van der Waals surface area contributed by atoms with Crippen LogP contribution in [-0.4, -0.2) is 47.9 Å². The monoisotopic (exact) mass is 319 g/mol. The maximum absolute atomic E-state index is 12.2. The second kappa shape index (κ2) is 7.76. The highest BCUT2D eigenvalue weighted by atomic mass is 16.5. The van der Waals surface area contributed by atoms with Crippen LogP contribution < -0.4 is 4.74 Å². The van der Waals surface area contributed by atoms with Gasteiger partial charge in [-0.05, 0) is 37.1 Å². The summed E-state index contributed by atoms with van der Waals surface area (Å²) in [5.74, 6) is -0.946. The van der Waals surface area contributed by atoms with Crippen LogP contribution in [0.4, 0.5) is 0 Å². The van der Waals surface area contributed by atoms with Crippen LogP contribution in [0.3, 0.4) is 0 Å². The van der Waals surface area contributed by atoms with Crippen LogP contribution in [0.5, 0.6) is 5.75 Å². The SMILES string of the molecule is COc1ccc(C(=O)CCC(=O)N2CCCC(C(=O)O)C2)cc1. The van der Waals surface area contributed by atoms with E-state index < -0.39 is 11.9 Å². The maximum atomic E-state index is 12.2. The first-order valence-electron chi connectivity index (χ1n) is 7.69. The second-order valence-electron chi connectivity index (χ2n) is 5.67. The first-order valence-corrected chi connectivity index (χ1v) is 7.69. The normalized spacial score (nSPS) is 17.6. The molecule has 2 rings (SSSR count). The lowest BCUT2D eigenvalue weighted by Crippen LogP contribution is -2.42. The zero-order chi connectivity index (χ0) is 16.8. The third-order valence-corrected chi connectivity index (χ3v) is 4.10. The smallest absolute Gasteiger partial charge is 0.308 e. The van der Waals surface area contributed by atoms with Crippen molar-refractivity contribution >= 4 is 17.7 Å². The number of likely N-dealkylation sites (tertiary alicyclic amines) is 1. The minimum absolute atomic E-state index is 0.104. The molecule has 0 aliphatic carbocycles. The minimum Gasteiger partial charge on any atom is -0.497 e. The number of aliphatic carboxylic acids is 1. The van der Waals surface area contributed by atoms with Crippen molar-refractivity contribution < 1.29 is 24.2 Å². The first kappa shape index (κ1) is 17.0. The molecule has 1 aromatic rings. The Bertz CT molecular complexity index is 581. The molecule has 6 nitrogen and oxygen atoms in total. The fraction of sp³-hybridized carbons (Fsp3) is 0.471. The molecule has 1 aromatic carbocycles. The van der Waals surface area contributed by atoms with Gasteiger partial charge in [0, 0.05) is 31.5 Å². The van der Waals surface area contributed by atoms with Gasteiger partial charge in [0.15, 0.2) is 5.78 Å². The summed E-state index contributed by atoms with van der Waals surface area (Å²) in [6.07, 6.45) is 1.52. The Balaban J connectivity index is 1.85. The van der Waals surface area contributed by atoms with Crippen molar-refractivity contribution in [2.24, 2.45) is 5.92 Å². The number of hydrogen-bond acceptors (Lipinski definition) is 4. The number of benzene rings is 1. The summed E-state index contributed by atoms with van der Waals surface area (Å²) < 4.78 is 5.04. The molecular weight excluding hydrogens is 298 g/mol. The van der Waals surface area contributed by atoms with Gasteiger partial charge in [0.2, 0.25) is 5.91 Å². The summed E-state index contributed by atoms with van der Waals surface area (Å²) in [6.45, 7) is 0.810. The van der Waals surface area contributed by atoms with E-state index in [1.807, 2.05) is 0 Å². The molecule has 1 atom stereocenters. The van der Waals surface area contributed by atoms with Gasteiger partial charge in [-0.2, -0.15) is 0 Å². The number of carbonyl (C=O) groups is 3. The van der Waals surface area contributed by atoms with Gasteiger partial charge in [-0.1, -0.05) is 0 Å². The minimum atomic E-state index is -0.864. The number of methoxy groups -OCH3 is 1. The van der Waals surface area contributed by atoms with E-state index in [2.05, 4.69) is 0 Å². The first-order chi connectivity index (χ1) is 11.0. The molecule has 0 saturated carbocycles. The molecule has 0 aromatic heterocycles. The number of carboxylic acids is 1. The molecule has 1 saturated heterocycles. The molecule has 23 heavy (non-hydrogen) atoms. The van der Waals surface area contributed by atoms with E-state index in [-0.39, 0.29) is 31.1 Å². The average Bonchev–Trinajstić information content (AvgIpc) is 2.59. The summed E-state index contributed by atoms with van der Waals surface area (Å²) in [5, 5.41) is 9.05. The lowest BCUT2D eigenvalue weighted by molar-refractivity contribution is -0.145. The highest BCUT2D eigenvalue weighted by Gasteiger charge is 2.28. The largest absolute Gasteiger partial charge is 0.497 e. The quantitative estimate of drug-likeness (QED) is 0.811. The third kappa shape index (κ3) is 4.55. The molecule has 1 aliphatic heterocycles. The number of ether oxygens (including phenoxy) is 1. The van der Waals surface area contributed by atoms with Crippen molar-refractivity contribution in [3.63, 3.8) is 0 Å². The van der Waals surface area contributed by atoms with Gasteiger partial charge in [-0.15, -0.1) is 0 Å². The number of Topliss-reactive ketones (excluding diaryl/α,β-unsaturated/α-hetero) is 1. The number of carbonyl (C=O) groups excluding carboxylic acids is 2. The number of carboxylic acid groups (broad SMARTS) is 1.